The van der Waals surface area contributed by atoms with Gasteiger partial charge < -0.3 is 15.4 Å². The number of hydrogen-bond acceptors (Lipinski definition) is 3. The molecule has 1 aromatic carbocycles. The second-order valence-corrected chi connectivity index (χ2v) is 5.93. The lowest BCUT2D eigenvalue weighted by Crippen LogP contribution is -2.33. The summed E-state index contributed by atoms with van der Waals surface area (Å²) in [5.74, 6) is 1.80. The molecule has 0 spiro atoms. The summed E-state index contributed by atoms with van der Waals surface area (Å²) in [6.07, 6.45) is 2.56. The van der Waals surface area contributed by atoms with Crippen LogP contribution >= 0.6 is 40.7 Å². The Bertz CT molecular complexity index is 401. The maximum absolute atomic E-state index is 5.66. The van der Waals surface area contributed by atoms with Crippen LogP contribution in [0.2, 0.25) is 0 Å². The summed E-state index contributed by atoms with van der Waals surface area (Å²) >= 11 is 3.52. The third-order valence-electron chi connectivity index (χ3n) is 3.53. The van der Waals surface area contributed by atoms with Crippen molar-refractivity contribution in [3.63, 3.8) is 0 Å². The molecule has 6 heteroatoms. The van der Waals surface area contributed by atoms with Gasteiger partial charge in [-0.25, -0.2) is 0 Å². The first kappa shape index (κ1) is 21.0. The molecule has 1 saturated heterocycles. The summed E-state index contributed by atoms with van der Waals surface area (Å²) in [6, 6.07) is 6.21. The highest BCUT2D eigenvalue weighted by Gasteiger charge is 2.12. The van der Waals surface area contributed by atoms with Gasteiger partial charge in [0.25, 0.3) is 0 Å². The lowest BCUT2D eigenvalue weighted by Gasteiger charge is -2.23. The van der Waals surface area contributed by atoms with Crippen molar-refractivity contribution >= 4 is 40.7 Å². The SMILES string of the molecule is CCOc1ccc(Br)cc1CNCC1CCNCC1.Cl.Cl. The molecule has 0 aliphatic carbocycles. The van der Waals surface area contributed by atoms with Gasteiger partial charge in [0, 0.05) is 16.6 Å². The van der Waals surface area contributed by atoms with Gasteiger partial charge >= 0.3 is 0 Å². The van der Waals surface area contributed by atoms with Crippen LogP contribution in [0.25, 0.3) is 0 Å². The highest BCUT2D eigenvalue weighted by Crippen LogP contribution is 2.23. The van der Waals surface area contributed by atoms with E-state index in [-0.39, 0.29) is 24.8 Å². The molecule has 1 fully saturated rings. The zero-order valence-electron chi connectivity index (χ0n) is 12.4. The minimum Gasteiger partial charge on any atom is -0.494 e. The van der Waals surface area contributed by atoms with Crippen LogP contribution in [0.15, 0.2) is 22.7 Å². The number of hydrogen-bond donors (Lipinski definition) is 2. The molecular formula is C15H25BrCl2N2O. The maximum atomic E-state index is 5.66. The highest BCUT2D eigenvalue weighted by atomic mass is 79.9. The molecule has 1 aliphatic rings. The third kappa shape index (κ3) is 7.20. The molecule has 2 rings (SSSR count). The van der Waals surface area contributed by atoms with E-state index in [1.54, 1.807) is 0 Å². The Morgan fingerprint density at radius 2 is 2.00 bits per heavy atom. The van der Waals surface area contributed by atoms with E-state index >= 15 is 0 Å². The Morgan fingerprint density at radius 1 is 1.29 bits per heavy atom. The van der Waals surface area contributed by atoms with Crippen LogP contribution in [0, 0.1) is 5.92 Å². The fourth-order valence-electron chi connectivity index (χ4n) is 2.48. The van der Waals surface area contributed by atoms with E-state index in [4.69, 9.17) is 4.74 Å². The van der Waals surface area contributed by atoms with Crippen molar-refractivity contribution in [2.24, 2.45) is 5.92 Å². The molecule has 2 N–H and O–H groups in total. The lowest BCUT2D eigenvalue weighted by atomic mass is 9.98. The zero-order chi connectivity index (χ0) is 13.5. The largest absolute Gasteiger partial charge is 0.494 e. The molecule has 0 aromatic heterocycles. The Kier molecular flexibility index (Phi) is 11.6. The number of benzene rings is 1. The zero-order valence-corrected chi connectivity index (χ0v) is 15.6. The summed E-state index contributed by atoms with van der Waals surface area (Å²) in [5.41, 5.74) is 1.23. The number of ether oxygens (including phenoxy) is 1. The molecule has 0 atom stereocenters. The molecule has 21 heavy (non-hydrogen) atoms. The van der Waals surface area contributed by atoms with Gasteiger partial charge in [-0.15, -0.1) is 24.8 Å². The molecule has 0 saturated carbocycles. The minimum atomic E-state index is 0. The summed E-state index contributed by atoms with van der Waals surface area (Å²) in [7, 11) is 0. The van der Waals surface area contributed by atoms with E-state index in [2.05, 4.69) is 32.6 Å². The number of nitrogens with one attached hydrogen (secondary N) is 2. The molecule has 0 unspecified atom stereocenters. The van der Waals surface area contributed by atoms with E-state index in [1.165, 1.54) is 18.4 Å². The second kappa shape index (κ2) is 11.6. The Balaban J connectivity index is 0.00000200. The second-order valence-electron chi connectivity index (χ2n) is 5.01. The van der Waals surface area contributed by atoms with Crippen LogP contribution in [0.3, 0.4) is 0 Å². The number of rotatable bonds is 6. The normalized spacial score (nSPS) is 15.0. The van der Waals surface area contributed by atoms with Crippen molar-refractivity contribution in [3.05, 3.63) is 28.2 Å². The fraction of sp³-hybridized carbons (Fsp3) is 0.600. The Hall–Kier alpha value is -0.000000000000000222. The molecule has 0 bridgehead atoms. The topological polar surface area (TPSA) is 33.3 Å². The van der Waals surface area contributed by atoms with Gasteiger partial charge in [-0.05, 0) is 63.5 Å². The van der Waals surface area contributed by atoms with Crippen LogP contribution in [0.4, 0.5) is 0 Å². The third-order valence-corrected chi connectivity index (χ3v) is 4.02. The molecule has 0 amide bonds. The monoisotopic (exact) mass is 398 g/mol. The summed E-state index contributed by atoms with van der Waals surface area (Å²) in [5, 5.41) is 6.97. The maximum Gasteiger partial charge on any atom is 0.123 e. The molecule has 1 heterocycles. The molecule has 1 aromatic rings. The quantitative estimate of drug-likeness (QED) is 0.763. The van der Waals surface area contributed by atoms with Crippen molar-refractivity contribution < 1.29 is 4.74 Å². The summed E-state index contributed by atoms with van der Waals surface area (Å²) in [6.45, 7) is 7.02. The molecular weight excluding hydrogens is 375 g/mol. The van der Waals surface area contributed by atoms with Crippen molar-refractivity contribution in [1.29, 1.82) is 0 Å². The molecule has 122 valence electrons. The van der Waals surface area contributed by atoms with E-state index < -0.39 is 0 Å². The standard InChI is InChI=1S/C15H23BrN2O.2ClH/c1-2-19-15-4-3-14(16)9-13(15)11-18-10-12-5-7-17-8-6-12;;/h3-4,9,12,17-18H,2,5-8,10-11H2,1H3;2*1H. The lowest BCUT2D eigenvalue weighted by molar-refractivity contribution is 0.331. The van der Waals surface area contributed by atoms with E-state index in [1.807, 2.05) is 19.1 Å². The molecule has 1 aliphatic heterocycles. The fourth-order valence-corrected chi connectivity index (χ4v) is 2.89. The van der Waals surface area contributed by atoms with Gasteiger partial charge in [-0.1, -0.05) is 15.9 Å². The predicted octanol–water partition coefficient (Wildman–Crippen LogP) is 3.78. The van der Waals surface area contributed by atoms with Crippen LogP contribution in [-0.4, -0.2) is 26.2 Å². The van der Waals surface area contributed by atoms with Crippen molar-refractivity contribution in [1.82, 2.24) is 10.6 Å². The van der Waals surface area contributed by atoms with Gasteiger partial charge in [0.1, 0.15) is 5.75 Å². The Morgan fingerprint density at radius 3 is 2.67 bits per heavy atom. The molecule has 3 nitrogen and oxygen atoms in total. The summed E-state index contributed by atoms with van der Waals surface area (Å²) < 4.78 is 6.77. The van der Waals surface area contributed by atoms with E-state index in [0.717, 1.165) is 42.3 Å². The predicted molar refractivity (Wildman–Crippen MR) is 97.1 cm³/mol. The van der Waals surface area contributed by atoms with E-state index in [9.17, 15) is 0 Å². The van der Waals surface area contributed by atoms with Crippen molar-refractivity contribution in [2.45, 2.75) is 26.3 Å². The van der Waals surface area contributed by atoms with Crippen molar-refractivity contribution in [2.75, 3.05) is 26.2 Å². The van der Waals surface area contributed by atoms with Gasteiger partial charge in [0.15, 0.2) is 0 Å². The first-order valence-electron chi connectivity index (χ1n) is 7.12. The van der Waals surface area contributed by atoms with Crippen LogP contribution in [0.5, 0.6) is 5.75 Å². The smallest absolute Gasteiger partial charge is 0.123 e. The highest BCUT2D eigenvalue weighted by molar-refractivity contribution is 9.10. The molecule has 0 radical (unpaired) electrons. The van der Waals surface area contributed by atoms with Crippen LogP contribution in [0.1, 0.15) is 25.3 Å². The van der Waals surface area contributed by atoms with Crippen molar-refractivity contribution in [3.8, 4) is 5.75 Å². The van der Waals surface area contributed by atoms with Crippen LogP contribution in [-0.2, 0) is 6.54 Å². The minimum absolute atomic E-state index is 0. The first-order chi connectivity index (χ1) is 9.29. The number of halogens is 3. The summed E-state index contributed by atoms with van der Waals surface area (Å²) in [4.78, 5) is 0. The van der Waals surface area contributed by atoms with Crippen LogP contribution < -0.4 is 15.4 Å². The van der Waals surface area contributed by atoms with E-state index in [0.29, 0.717) is 6.61 Å². The average Bonchev–Trinajstić information content (AvgIpc) is 2.43. The van der Waals surface area contributed by atoms with Gasteiger partial charge in [0.05, 0.1) is 6.61 Å². The van der Waals surface area contributed by atoms with Gasteiger partial charge in [-0.3, -0.25) is 0 Å². The first-order valence-corrected chi connectivity index (χ1v) is 7.91. The van der Waals surface area contributed by atoms with Gasteiger partial charge in [-0.2, -0.15) is 0 Å². The average molecular weight is 400 g/mol. The Labute approximate surface area is 148 Å². The number of piperidine rings is 1. The van der Waals surface area contributed by atoms with Gasteiger partial charge in [0.2, 0.25) is 0 Å².